The molecule has 3 aromatic carbocycles. The Labute approximate surface area is 296 Å². The van der Waals surface area contributed by atoms with Gasteiger partial charge in [-0.25, -0.2) is 4.85 Å². The molecule has 51 heavy (non-hydrogen) atoms. The van der Waals surface area contributed by atoms with E-state index in [1.807, 2.05) is 0 Å². The Hall–Kier alpha value is -4.68. The molecule has 3 aliphatic rings. The number of benzene rings is 3. The molecule has 0 amide bonds. The number of nitrogens with zero attached hydrogens (tertiary/aromatic N) is 5. The molecule has 11 heteroatoms. The maximum atomic E-state index is 12.8. The van der Waals surface area contributed by atoms with Gasteiger partial charge in [0.05, 0.1) is 18.7 Å². The number of carbonyl (C=O) groups excluding carboxylic acids is 1. The van der Waals surface area contributed by atoms with Gasteiger partial charge in [-0.3, -0.25) is 14.6 Å². The van der Waals surface area contributed by atoms with Crippen molar-refractivity contribution in [2.75, 3.05) is 19.6 Å². The van der Waals surface area contributed by atoms with Crippen LogP contribution in [0.2, 0.25) is 0 Å². The molecular weight excluding hydrogens is 653 g/mol. The predicted molar refractivity (Wildman–Crippen MR) is 189 cm³/mol. The highest BCUT2D eigenvalue weighted by Gasteiger charge is 2.43. The van der Waals surface area contributed by atoms with Gasteiger partial charge in [0, 0.05) is 79.5 Å². The monoisotopic (exact) mass is 694 g/mol. The van der Waals surface area contributed by atoms with Crippen molar-refractivity contribution < 1.29 is 22.7 Å². The van der Waals surface area contributed by atoms with Crippen LogP contribution in [0.4, 0.5) is 18.9 Å². The summed E-state index contributed by atoms with van der Waals surface area (Å²) in [4.78, 5) is 21.3. The van der Waals surface area contributed by atoms with E-state index in [-0.39, 0.29) is 17.6 Å². The van der Waals surface area contributed by atoms with Crippen LogP contribution in [0, 0.1) is 17.9 Å². The number of nitriles is 1. The minimum absolute atomic E-state index is 0.0211. The number of hydrogen-bond acceptors (Lipinski definition) is 6. The van der Waals surface area contributed by atoms with E-state index in [9.17, 15) is 23.2 Å². The van der Waals surface area contributed by atoms with Gasteiger partial charge in [-0.1, -0.05) is 36.8 Å². The molecule has 3 unspecified atom stereocenters. The Kier molecular flexibility index (Phi) is 10.1. The summed E-state index contributed by atoms with van der Waals surface area (Å²) in [5.41, 5.74) is 5.86. The molecule has 264 valence electrons. The molecule has 8 nitrogen and oxygen atoms in total. The summed E-state index contributed by atoms with van der Waals surface area (Å²) in [7, 11) is 0. The Morgan fingerprint density at radius 1 is 1.02 bits per heavy atom. The number of carbonyl (C=O) groups is 1. The third-order valence-electron chi connectivity index (χ3n) is 10.7. The zero-order valence-electron chi connectivity index (χ0n) is 28.5. The molecule has 3 aliphatic heterocycles. The average molecular weight is 695 g/mol. The van der Waals surface area contributed by atoms with Crippen LogP contribution in [-0.4, -0.2) is 64.3 Å². The Balaban J connectivity index is 1.06. The first kappa shape index (κ1) is 34.8. The van der Waals surface area contributed by atoms with Crippen molar-refractivity contribution >= 4 is 22.4 Å². The molecule has 1 aromatic heterocycles. The second-order valence-corrected chi connectivity index (χ2v) is 14.0. The van der Waals surface area contributed by atoms with E-state index in [1.165, 1.54) is 12.1 Å². The number of ketones is 1. The molecule has 0 aliphatic carbocycles. The number of rotatable bonds is 12. The third-order valence-corrected chi connectivity index (χ3v) is 10.7. The summed E-state index contributed by atoms with van der Waals surface area (Å²) >= 11 is 0. The van der Waals surface area contributed by atoms with Crippen molar-refractivity contribution in [3.63, 3.8) is 0 Å². The molecule has 0 radical (unpaired) electrons. The first-order valence-corrected chi connectivity index (χ1v) is 17.8. The number of alkyl halides is 3. The summed E-state index contributed by atoms with van der Waals surface area (Å²) in [6, 6.07) is 20.8. The molecule has 3 atom stereocenters. The van der Waals surface area contributed by atoms with E-state index in [0.29, 0.717) is 36.3 Å². The van der Waals surface area contributed by atoms with Gasteiger partial charge in [-0.15, -0.1) is 13.2 Å². The summed E-state index contributed by atoms with van der Waals surface area (Å²) < 4.78 is 44.9. The zero-order valence-corrected chi connectivity index (χ0v) is 28.5. The number of Topliss-reactive ketones (excluding diaryl/α,β-unsaturated/α-hetero) is 1. The number of piperazine rings is 1. The summed E-state index contributed by atoms with van der Waals surface area (Å²) in [6.07, 6.45) is 3.67. The molecule has 2 bridgehead atoms. The molecule has 0 spiro atoms. The number of likely N-dealkylation sites (tertiary alicyclic amines) is 2. The number of nitrogens with one attached hydrogen (secondary N) is 1. The second-order valence-electron chi connectivity index (χ2n) is 14.0. The van der Waals surface area contributed by atoms with Crippen molar-refractivity contribution in [3.8, 4) is 22.9 Å². The maximum absolute atomic E-state index is 12.8. The molecular formula is C40H41F3N6O2. The number of piperidine rings is 1. The van der Waals surface area contributed by atoms with Gasteiger partial charge in [0.2, 0.25) is 0 Å². The summed E-state index contributed by atoms with van der Waals surface area (Å²) in [6.45, 7) is 12.3. The fraction of sp³-hybridized carbons (Fsp3) is 0.425. The first-order valence-electron chi connectivity index (χ1n) is 17.8. The molecule has 1 N–H and O–H groups in total. The van der Waals surface area contributed by atoms with Gasteiger partial charge in [0.25, 0.3) is 0 Å². The molecule has 4 heterocycles. The summed E-state index contributed by atoms with van der Waals surface area (Å²) in [5, 5.41) is 14.0. The smallest absolute Gasteiger partial charge is 0.406 e. The highest BCUT2D eigenvalue weighted by Crippen LogP contribution is 2.37. The van der Waals surface area contributed by atoms with Crippen LogP contribution in [0.3, 0.4) is 0 Å². The van der Waals surface area contributed by atoms with Crippen LogP contribution in [0.25, 0.3) is 26.9 Å². The second kappa shape index (κ2) is 14.9. The lowest BCUT2D eigenvalue weighted by Gasteiger charge is -2.34. The highest BCUT2D eigenvalue weighted by molar-refractivity contribution is 5.96. The minimum atomic E-state index is -4.76. The van der Waals surface area contributed by atoms with Crippen LogP contribution in [0.1, 0.15) is 61.6 Å². The first-order chi connectivity index (χ1) is 24.7. The van der Waals surface area contributed by atoms with Crippen LogP contribution < -0.4 is 10.1 Å². The average Bonchev–Trinajstić information content (AvgIpc) is 3.83. The standard InChI is InChI=1S/C40H41F3N6O2/c1-45-36-9-6-7-29(21-44)35(36)26-49-24-30-20-31(49)23-48(30)22-27-11-16-38-33(19-27)34(28-12-14-32(15-13-28)51-40(41,42)43)25-47(38)18-5-3-10-39(50)37-8-2-4-17-46-37/h6-7,9,11-16,19,25,30-31,37,46H,2-5,8,10,17-18,20,22-24,26H2. The third kappa shape index (κ3) is 7.82. The number of ether oxygens (including phenoxy) is 1. The van der Waals surface area contributed by atoms with Crippen molar-refractivity contribution in [1.29, 1.82) is 5.26 Å². The van der Waals surface area contributed by atoms with E-state index < -0.39 is 6.36 Å². The number of halogens is 3. The van der Waals surface area contributed by atoms with Crippen LogP contribution in [0.15, 0.2) is 66.9 Å². The van der Waals surface area contributed by atoms with Crippen molar-refractivity contribution in [2.45, 2.75) is 89.1 Å². The molecule has 4 aromatic rings. The maximum Gasteiger partial charge on any atom is 0.573 e. The van der Waals surface area contributed by atoms with Crippen molar-refractivity contribution in [3.05, 3.63) is 95.0 Å². The van der Waals surface area contributed by atoms with Gasteiger partial charge in [-0.2, -0.15) is 5.26 Å². The van der Waals surface area contributed by atoms with E-state index in [0.717, 1.165) is 104 Å². The van der Waals surface area contributed by atoms with Crippen molar-refractivity contribution in [2.24, 2.45) is 0 Å². The predicted octanol–water partition coefficient (Wildman–Crippen LogP) is 7.97. The van der Waals surface area contributed by atoms with Crippen LogP contribution >= 0.6 is 0 Å². The Bertz CT molecular complexity index is 1940. The number of aromatic nitrogens is 1. The molecule has 3 saturated heterocycles. The molecule has 3 fully saturated rings. The summed E-state index contributed by atoms with van der Waals surface area (Å²) in [5.74, 6) is 0.0322. The Morgan fingerprint density at radius 2 is 1.80 bits per heavy atom. The van der Waals surface area contributed by atoms with Gasteiger partial charge < -0.3 is 14.6 Å². The van der Waals surface area contributed by atoms with E-state index in [1.54, 1.807) is 30.3 Å². The van der Waals surface area contributed by atoms with Gasteiger partial charge >= 0.3 is 6.36 Å². The van der Waals surface area contributed by atoms with Crippen LogP contribution in [-0.2, 0) is 24.4 Å². The lowest BCUT2D eigenvalue weighted by atomic mass is 9.98. The van der Waals surface area contributed by atoms with Gasteiger partial charge in [-0.05, 0) is 85.7 Å². The van der Waals surface area contributed by atoms with E-state index >= 15 is 0 Å². The minimum Gasteiger partial charge on any atom is -0.406 e. The molecule has 7 rings (SSSR count). The largest absolute Gasteiger partial charge is 0.573 e. The fourth-order valence-corrected chi connectivity index (χ4v) is 8.18. The lowest BCUT2D eigenvalue weighted by Crippen LogP contribution is -2.45. The normalized spacial score (nSPS) is 20.8. The Morgan fingerprint density at radius 3 is 2.49 bits per heavy atom. The van der Waals surface area contributed by atoms with E-state index in [4.69, 9.17) is 6.57 Å². The quantitative estimate of drug-likeness (QED) is 0.120. The number of hydrogen-bond donors (Lipinski definition) is 1. The lowest BCUT2D eigenvalue weighted by molar-refractivity contribution is -0.274. The zero-order chi connectivity index (χ0) is 35.5. The SMILES string of the molecule is [C-]#[N+]c1cccc(C#N)c1CN1CC2CC1CN2Cc1ccc2c(c1)c(-c1ccc(OC(F)(F)F)cc1)cn2CCCCC(=O)C1CCCCN1. The van der Waals surface area contributed by atoms with Gasteiger partial charge in [0.1, 0.15) is 11.5 Å². The topological polar surface area (TPSA) is 77.9 Å². The van der Waals surface area contributed by atoms with Crippen molar-refractivity contribution in [1.82, 2.24) is 19.7 Å². The molecule has 0 saturated carbocycles. The van der Waals surface area contributed by atoms with E-state index in [2.05, 4.69) is 59.7 Å². The van der Waals surface area contributed by atoms with Gasteiger partial charge in [0.15, 0.2) is 5.69 Å². The number of unbranched alkanes of at least 4 members (excludes halogenated alkanes) is 1. The number of aryl methyl sites for hydroxylation is 1. The fourth-order valence-electron chi connectivity index (χ4n) is 8.18. The van der Waals surface area contributed by atoms with Crippen LogP contribution in [0.5, 0.6) is 5.75 Å². The highest BCUT2D eigenvalue weighted by atomic mass is 19.4. The number of fused-ring (bicyclic) bond motifs is 3.